The van der Waals surface area contributed by atoms with E-state index < -0.39 is 6.10 Å². The van der Waals surface area contributed by atoms with Crippen LogP contribution in [0.15, 0.2) is 24.3 Å². The van der Waals surface area contributed by atoms with E-state index in [1.165, 1.54) is 7.11 Å². The topological polar surface area (TPSA) is 62.6 Å². The zero-order chi connectivity index (χ0) is 13.0. The Bertz CT molecular complexity index is 464. The van der Waals surface area contributed by atoms with Crippen molar-refractivity contribution in [2.45, 2.75) is 6.10 Å². The molecule has 0 spiro atoms. The van der Waals surface area contributed by atoms with Gasteiger partial charge in [-0.25, -0.2) is 4.79 Å². The zero-order valence-electron chi connectivity index (χ0n) is 10.1. The van der Waals surface area contributed by atoms with Crippen LogP contribution in [0.2, 0.25) is 0 Å². The molecule has 0 aromatic heterocycles. The standard InChI is InChI=1S/C13H14N2O3/c1-17-13(16)12-9-15(6-7-18-12)11-4-2-10(8-14)3-5-11/h2-5,12H,6-7,9H2,1H3. The van der Waals surface area contributed by atoms with Crippen LogP contribution in [0, 0.1) is 11.3 Å². The first-order valence-corrected chi connectivity index (χ1v) is 5.69. The maximum atomic E-state index is 11.4. The highest BCUT2D eigenvalue weighted by molar-refractivity contribution is 5.75. The van der Waals surface area contributed by atoms with Gasteiger partial charge in [0.2, 0.25) is 0 Å². The van der Waals surface area contributed by atoms with Gasteiger partial charge in [0.1, 0.15) is 0 Å². The maximum absolute atomic E-state index is 11.4. The van der Waals surface area contributed by atoms with Crippen LogP contribution in [0.25, 0.3) is 0 Å². The molecule has 1 unspecified atom stereocenters. The summed E-state index contributed by atoms with van der Waals surface area (Å²) in [6.45, 7) is 1.68. The summed E-state index contributed by atoms with van der Waals surface area (Å²) in [5.41, 5.74) is 1.60. The number of hydrogen-bond donors (Lipinski definition) is 0. The molecule has 1 aromatic carbocycles. The van der Waals surface area contributed by atoms with Crippen molar-refractivity contribution in [2.24, 2.45) is 0 Å². The smallest absolute Gasteiger partial charge is 0.336 e. The molecular formula is C13H14N2O3. The molecule has 5 heteroatoms. The van der Waals surface area contributed by atoms with Crippen molar-refractivity contribution in [1.82, 2.24) is 0 Å². The van der Waals surface area contributed by atoms with Gasteiger partial charge >= 0.3 is 5.97 Å². The number of hydrogen-bond acceptors (Lipinski definition) is 5. The van der Waals surface area contributed by atoms with Crippen molar-refractivity contribution in [3.05, 3.63) is 29.8 Å². The molecule has 0 saturated carbocycles. The minimum atomic E-state index is -0.542. The number of methoxy groups -OCH3 is 1. The Morgan fingerprint density at radius 2 is 2.22 bits per heavy atom. The van der Waals surface area contributed by atoms with Crippen molar-refractivity contribution in [2.75, 3.05) is 31.7 Å². The summed E-state index contributed by atoms with van der Waals surface area (Å²) in [6, 6.07) is 9.35. The molecule has 1 atom stereocenters. The van der Waals surface area contributed by atoms with E-state index in [1.807, 2.05) is 17.0 Å². The quantitative estimate of drug-likeness (QED) is 0.727. The minimum absolute atomic E-state index is 0.353. The van der Waals surface area contributed by atoms with E-state index in [1.54, 1.807) is 12.1 Å². The Morgan fingerprint density at radius 3 is 2.83 bits per heavy atom. The number of nitrogens with zero attached hydrogens (tertiary/aromatic N) is 2. The van der Waals surface area contributed by atoms with Crippen molar-refractivity contribution in [3.8, 4) is 6.07 Å². The van der Waals surface area contributed by atoms with Crippen LogP contribution in [-0.2, 0) is 14.3 Å². The number of benzene rings is 1. The molecule has 94 valence electrons. The van der Waals surface area contributed by atoms with E-state index in [2.05, 4.69) is 10.8 Å². The van der Waals surface area contributed by atoms with Crippen molar-refractivity contribution in [3.63, 3.8) is 0 Å². The summed E-state index contributed by atoms with van der Waals surface area (Å²) in [6.07, 6.45) is -0.542. The molecule has 1 aliphatic heterocycles. The molecule has 1 heterocycles. The van der Waals surface area contributed by atoms with E-state index in [0.717, 1.165) is 12.2 Å². The number of carbonyl (C=O) groups is 1. The van der Waals surface area contributed by atoms with Gasteiger partial charge in [-0.15, -0.1) is 0 Å². The van der Waals surface area contributed by atoms with Crippen LogP contribution in [0.4, 0.5) is 5.69 Å². The second-order valence-corrected chi connectivity index (χ2v) is 3.99. The van der Waals surface area contributed by atoms with Crippen LogP contribution in [0.5, 0.6) is 0 Å². The highest BCUT2D eigenvalue weighted by atomic mass is 16.6. The molecule has 1 fully saturated rings. The number of carbonyl (C=O) groups excluding carboxylic acids is 1. The first kappa shape index (κ1) is 12.4. The van der Waals surface area contributed by atoms with Crippen molar-refractivity contribution >= 4 is 11.7 Å². The molecule has 0 amide bonds. The third-order valence-corrected chi connectivity index (χ3v) is 2.89. The third-order valence-electron chi connectivity index (χ3n) is 2.89. The Morgan fingerprint density at radius 1 is 1.50 bits per heavy atom. The fourth-order valence-electron chi connectivity index (χ4n) is 1.90. The Balaban J connectivity index is 2.08. The van der Waals surface area contributed by atoms with E-state index in [4.69, 9.17) is 10.00 Å². The van der Waals surface area contributed by atoms with Gasteiger partial charge in [-0.05, 0) is 24.3 Å². The van der Waals surface area contributed by atoms with Gasteiger partial charge in [-0.2, -0.15) is 5.26 Å². The first-order chi connectivity index (χ1) is 8.74. The number of ether oxygens (including phenoxy) is 2. The predicted molar refractivity (Wildman–Crippen MR) is 65.1 cm³/mol. The van der Waals surface area contributed by atoms with Gasteiger partial charge in [0.25, 0.3) is 0 Å². The Labute approximate surface area is 106 Å². The van der Waals surface area contributed by atoms with Gasteiger partial charge in [-0.1, -0.05) is 0 Å². The van der Waals surface area contributed by atoms with Crippen LogP contribution < -0.4 is 4.90 Å². The van der Waals surface area contributed by atoms with Crippen molar-refractivity contribution in [1.29, 1.82) is 5.26 Å². The number of morpholine rings is 1. The predicted octanol–water partition coefficient (Wildman–Crippen LogP) is 0.936. The van der Waals surface area contributed by atoms with Crippen LogP contribution in [-0.4, -0.2) is 38.9 Å². The monoisotopic (exact) mass is 246 g/mol. The summed E-state index contributed by atoms with van der Waals surface area (Å²) >= 11 is 0. The first-order valence-electron chi connectivity index (χ1n) is 5.69. The lowest BCUT2D eigenvalue weighted by Crippen LogP contribution is -2.46. The second kappa shape index (κ2) is 5.52. The van der Waals surface area contributed by atoms with Crippen molar-refractivity contribution < 1.29 is 14.3 Å². The summed E-state index contributed by atoms with van der Waals surface area (Å²) < 4.78 is 10.0. The average molecular weight is 246 g/mol. The zero-order valence-corrected chi connectivity index (χ0v) is 10.1. The molecule has 18 heavy (non-hydrogen) atoms. The van der Waals surface area contributed by atoms with E-state index in [0.29, 0.717) is 18.7 Å². The lowest BCUT2D eigenvalue weighted by Gasteiger charge is -2.33. The summed E-state index contributed by atoms with van der Waals surface area (Å²) in [5.74, 6) is -0.353. The van der Waals surface area contributed by atoms with Gasteiger partial charge in [0.15, 0.2) is 6.10 Å². The van der Waals surface area contributed by atoms with Gasteiger partial charge in [0, 0.05) is 12.2 Å². The summed E-state index contributed by atoms with van der Waals surface area (Å²) in [5, 5.41) is 8.74. The highest BCUT2D eigenvalue weighted by Crippen LogP contribution is 2.18. The molecule has 1 aromatic rings. The molecule has 0 radical (unpaired) electrons. The SMILES string of the molecule is COC(=O)C1CN(c2ccc(C#N)cc2)CCO1. The number of anilines is 1. The Kier molecular flexibility index (Phi) is 3.80. The summed E-state index contributed by atoms with van der Waals surface area (Å²) in [4.78, 5) is 13.5. The summed E-state index contributed by atoms with van der Waals surface area (Å²) in [7, 11) is 1.35. The molecule has 1 saturated heterocycles. The Hall–Kier alpha value is -2.06. The van der Waals surface area contributed by atoms with Crippen LogP contribution in [0.1, 0.15) is 5.56 Å². The normalized spacial score (nSPS) is 19.1. The van der Waals surface area contributed by atoms with Gasteiger partial charge in [0.05, 0.1) is 31.9 Å². The van der Waals surface area contributed by atoms with Gasteiger partial charge in [-0.3, -0.25) is 0 Å². The minimum Gasteiger partial charge on any atom is -0.467 e. The van der Waals surface area contributed by atoms with E-state index in [9.17, 15) is 4.79 Å². The maximum Gasteiger partial charge on any atom is 0.336 e. The van der Waals surface area contributed by atoms with E-state index in [-0.39, 0.29) is 5.97 Å². The molecule has 2 rings (SSSR count). The van der Waals surface area contributed by atoms with E-state index >= 15 is 0 Å². The highest BCUT2D eigenvalue weighted by Gasteiger charge is 2.27. The molecule has 0 N–H and O–H groups in total. The van der Waals surface area contributed by atoms with Crippen LogP contribution in [0.3, 0.4) is 0 Å². The largest absolute Gasteiger partial charge is 0.467 e. The number of nitriles is 1. The second-order valence-electron chi connectivity index (χ2n) is 3.99. The molecular weight excluding hydrogens is 232 g/mol. The fraction of sp³-hybridized carbons (Fsp3) is 0.385. The third kappa shape index (κ3) is 2.60. The average Bonchev–Trinajstić information content (AvgIpc) is 2.46. The molecule has 1 aliphatic rings. The number of esters is 1. The fourth-order valence-corrected chi connectivity index (χ4v) is 1.90. The lowest BCUT2D eigenvalue weighted by atomic mass is 10.2. The molecule has 0 bridgehead atoms. The molecule has 5 nitrogen and oxygen atoms in total. The van der Waals surface area contributed by atoms with Gasteiger partial charge < -0.3 is 14.4 Å². The van der Waals surface area contributed by atoms with Crippen LogP contribution >= 0.6 is 0 Å². The number of rotatable bonds is 2. The molecule has 0 aliphatic carbocycles. The lowest BCUT2D eigenvalue weighted by molar-refractivity contribution is -0.154.